The van der Waals surface area contributed by atoms with Crippen LogP contribution >= 0.6 is 0 Å². The summed E-state index contributed by atoms with van der Waals surface area (Å²) in [7, 11) is 0. The molecule has 10 aromatic carbocycles. The fraction of sp³-hybridized carbons (Fsp3) is 0.0256. The molecule has 0 saturated heterocycles. The van der Waals surface area contributed by atoms with Crippen molar-refractivity contribution in [1.82, 2.24) is 9.13 Å². The number of allylic oxidation sites excluding steroid dienone is 8. The van der Waals surface area contributed by atoms with Crippen molar-refractivity contribution in [2.24, 2.45) is 0 Å². The minimum atomic E-state index is 0.794. The molecule has 1 aliphatic rings. The SMILES string of the molecule is C=C/C(=C\C=C\N(C(=C)/C=C\C(=C)c1ccc(-c2ccc3c(c2)c2c(n3-c3ccc(-n4c5ccccc5c5ccccc54)cc3)C=CCC2)cc1)c1ccc(-c2ccc(-c3ccccc3)cc2)cc1)c1ccc(-c2ccccc2)cc1. The molecule has 3 heteroatoms. The van der Waals surface area contributed by atoms with Crippen LogP contribution in [-0.4, -0.2) is 9.13 Å². The summed E-state index contributed by atoms with van der Waals surface area (Å²) in [5.74, 6) is 0. The van der Waals surface area contributed by atoms with Gasteiger partial charge in [0.2, 0.25) is 0 Å². The first-order chi connectivity index (χ1) is 40.0. The molecule has 0 spiro atoms. The smallest absolute Gasteiger partial charge is 0.0541 e. The highest BCUT2D eigenvalue weighted by molar-refractivity contribution is 6.09. The number of para-hydroxylation sites is 2. The Morgan fingerprint density at radius 2 is 0.901 bits per heavy atom. The zero-order valence-corrected chi connectivity index (χ0v) is 45.2. The molecule has 0 aliphatic heterocycles. The Hall–Kier alpha value is -10.5. The Labute approximate surface area is 475 Å². The van der Waals surface area contributed by atoms with E-state index < -0.39 is 0 Å². The molecule has 2 aromatic heterocycles. The number of hydrogen-bond acceptors (Lipinski definition) is 1. The van der Waals surface area contributed by atoms with Gasteiger partial charge in [0.1, 0.15) is 0 Å². The minimum absolute atomic E-state index is 0.794. The summed E-state index contributed by atoms with van der Waals surface area (Å²) in [6.07, 6.45) is 18.9. The van der Waals surface area contributed by atoms with E-state index in [4.69, 9.17) is 0 Å². The summed E-state index contributed by atoms with van der Waals surface area (Å²) in [4.78, 5) is 2.12. The number of aryl methyl sites for hydroxylation is 1. The third kappa shape index (κ3) is 9.94. The molecule has 13 rings (SSSR count). The van der Waals surface area contributed by atoms with Crippen LogP contribution in [0.1, 0.15) is 28.8 Å². The van der Waals surface area contributed by atoms with Gasteiger partial charge in [0.25, 0.3) is 0 Å². The van der Waals surface area contributed by atoms with Crippen LogP contribution in [0, 0.1) is 0 Å². The van der Waals surface area contributed by atoms with E-state index in [2.05, 4.69) is 313 Å². The lowest BCUT2D eigenvalue weighted by molar-refractivity contribution is 0.967. The van der Waals surface area contributed by atoms with Crippen molar-refractivity contribution < 1.29 is 0 Å². The van der Waals surface area contributed by atoms with E-state index >= 15 is 0 Å². The van der Waals surface area contributed by atoms with Gasteiger partial charge in [-0.25, -0.2) is 0 Å². The average molecular weight is 1040 g/mol. The van der Waals surface area contributed by atoms with Crippen molar-refractivity contribution in [2.75, 3.05) is 4.90 Å². The van der Waals surface area contributed by atoms with E-state index in [-0.39, 0.29) is 0 Å². The van der Waals surface area contributed by atoms with Crippen LogP contribution in [0.25, 0.3) is 106 Å². The van der Waals surface area contributed by atoms with Crippen molar-refractivity contribution in [1.29, 1.82) is 0 Å². The molecule has 0 unspecified atom stereocenters. The molecule has 3 nitrogen and oxygen atoms in total. The standard InChI is InChI=1S/C78H59N3/c1-4-57(61-35-37-62(38-36-61)59-18-7-5-8-19-59)22-17-53-79(68-46-43-65(44-47-68)64-41-39-63(40-42-64)60-20-9-6-10-21-60)56(3)30-29-55(2)58-31-33-66(34-32-58)67-45-52-78-74(54-67)73-25-13-16-28-77(73)81(78)70-50-48-69(49-51-70)80-75-26-14-11-23-71(75)72-24-12-15-27-76(72)80/h4-12,14-24,26-54H,1-3,13,25H2/b30-29-,53-17+,57-22+. The third-order valence-electron chi connectivity index (χ3n) is 15.8. The molecule has 0 bridgehead atoms. The Morgan fingerprint density at radius 1 is 0.432 bits per heavy atom. The monoisotopic (exact) mass is 1040 g/mol. The minimum Gasteiger partial charge on any atom is -0.318 e. The summed E-state index contributed by atoms with van der Waals surface area (Å²) in [5.41, 5.74) is 23.9. The largest absolute Gasteiger partial charge is 0.318 e. The second-order valence-corrected chi connectivity index (χ2v) is 20.7. The van der Waals surface area contributed by atoms with Crippen molar-refractivity contribution in [3.05, 3.63) is 339 Å². The predicted octanol–water partition coefficient (Wildman–Crippen LogP) is 20.7. The molecular formula is C78H59N3. The first-order valence-electron chi connectivity index (χ1n) is 27.8. The summed E-state index contributed by atoms with van der Waals surface area (Å²) >= 11 is 0. The number of fused-ring (bicyclic) bond motifs is 6. The van der Waals surface area contributed by atoms with Gasteiger partial charge in [-0.1, -0.05) is 232 Å². The zero-order chi connectivity index (χ0) is 54.7. The van der Waals surface area contributed by atoms with Crippen LogP contribution in [-0.2, 0) is 6.42 Å². The number of benzene rings is 10. The molecule has 386 valence electrons. The summed E-state index contributed by atoms with van der Waals surface area (Å²) < 4.78 is 4.82. The van der Waals surface area contributed by atoms with Gasteiger partial charge < -0.3 is 14.0 Å². The van der Waals surface area contributed by atoms with Gasteiger partial charge in [-0.3, -0.25) is 0 Å². The molecule has 0 fully saturated rings. The van der Waals surface area contributed by atoms with Crippen LogP contribution in [0.3, 0.4) is 0 Å². The molecule has 0 atom stereocenters. The first kappa shape index (κ1) is 50.1. The predicted molar refractivity (Wildman–Crippen MR) is 347 cm³/mol. The van der Waals surface area contributed by atoms with E-state index in [1.807, 2.05) is 18.2 Å². The summed E-state index contributed by atoms with van der Waals surface area (Å²) in [6, 6.07) is 89.2. The Kier molecular flexibility index (Phi) is 13.7. The van der Waals surface area contributed by atoms with Crippen molar-refractivity contribution in [2.45, 2.75) is 12.8 Å². The molecule has 0 saturated carbocycles. The van der Waals surface area contributed by atoms with Crippen molar-refractivity contribution in [3.63, 3.8) is 0 Å². The van der Waals surface area contributed by atoms with Crippen LogP contribution in [0.15, 0.2) is 317 Å². The maximum atomic E-state index is 4.59. The maximum absolute atomic E-state index is 4.59. The number of hydrogen-bond donors (Lipinski definition) is 0. The molecule has 2 heterocycles. The van der Waals surface area contributed by atoms with Crippen molar-refractivity contribution >= 4 is 55.6 Å². The van der Waals surface area contributed by atoms with Gasteiger partial charge in [0, 0.05) is 50.8 Å². The van der Waals surface area contributed by atoms with Gasteiger partial charge in [-0.2, -0.15) is 0 Å². The average Bonchev–Trinajstić information content (AvgIpc) is 4.19. The second-order valence-electron chi connectivity index (χ2n) is 20.7. The number of anilines is 1. The van der Waals surface area contributed by atoms with E-state index in [1.165, 1.54) is 71.8 Å². The molecular weight excluding hydrogens is 979 g/mol. The maximum Gasteiger partial charge on any atom is 0.0541 e. The highest BCUT2D eigenvalue weighted by atomic mass is 15.1. The number of rotatable bonds is 15. The van der Waals surface area contributed by atoms with Gasteiger partial charge >= 0.3 is 0 Å². The summed E-state index contributed by atoms with van der Waals surface area (Å²) in [6.45, 7) is 13.3. The Balaban J connectivity index is 0.748. The van der Waals surface area contributed by atoms with Crippen LogP contribution in [0.2, 0.25) is 0 Å². The van der Waals surface area contributed by atoms with Gasteiger partial charge in [-0.05, 0) is 164 Å². The van der Waals surface area contributed by atoms with E-state index in [9.17, 15) is 0 Å². The van der Waals surface area contributed by atoms with Crippen LogP contribution < -0.4 is 4.90 Å². The van der Waals surface area contributed by atoms with Gasteiger partial charge in [-0.15, -0.1) is 0 Å². The van der Waals surface area contributed by atoms with Crippen LogP contribution in [0.4, 0.5) is 5.69 Å². The van der Waals surface area contributed by atoms with E-state index in [0.29, 0.717) is 0 Å². The highest BCUT2D eigenvalue weighted by Gasteiger charge is 2.20. The third-order valence-corrected chi connectivity index (χ3v) is 15.8. The molecule has 1 aliphatic carbocycles. The summed E-state index contributed by atoms with van der Waals surface area (Å²) in [5, 5.41) is 3.83. The highest BCUT2D eigenvalue weighted by Crippen LogP contribution is 2.39. The molecule has 0 amide bonds. The normalized spacial score (nSPS) is 12.4. The van der Waals surface area contributed by atoms with Crippen molar-refractivity contribution in [3.8, 4) is 55.9 Å². The van der Waals surface area contributed by atoms with E-state index in [1.54, 1.807) is 0 Å². The molecule has 81 heavy (non-hydrogen) atoms. The lowest BCUT2D eigenvalue weighted by atomic mass is 9.97. The lowest BCUT2D eigenvalue weighted by Crippen LogP contribution is -2.12. The first-order valence-corrected chi connectivity index (χ1v) is 27.8. The molecule has 0 N–H and O–H groups in total. The lowest BCUT2D eigenvalue weighted by Gasteiger charge is -2.21. The fourth-order valence-electron chi connectivity index (χ4n) is 11.5. The Bertz CT molecular complexity index is 4370. The Morgan fingerprint density at radius 3 is 1.48 bits per heavy atom. The zero-order valence-electron chi connectivity index (χ0n) is 45.2. The molecule has 12 aromatic rings. The van der Waals surface area contributed by atoms with Gasteiger partial charge in [0.05, 0.1) is 16.6 Å². The van der Waals surface area contributed by atoms with Crippen LogP contribution in [0.5, 0.6) is 0 Å². The van der Waals surface area contributed by atoms with Gasteiger partial charge in [0.15, 0.2) is 0 Å². The molecule has 0 radical (unpaired) electrons. The number of nitrogens with zero attached hydrogens (tertiary/aromatic N) is 3. The number of aromatic nitrogens is 2. The fourth-order valence-corrected chi connectivity index (χ4v) is 11.5. The quantitative estimate of drug-likeness (QED) is 0.0933. The second kappa shape index (κ2) is 22.1. The van der Waals surface area contributed by atoms with E-state index in [0.717, 1.165) is 74.6 Å². The topological polar surface area (TPSA) is 13.1 Å².